The molecule has 0 aliphatic heterocycles. The molecular formula is C14H22O2. The summed E-state index contributed by atoms with van der Waals surface area (Å²) in [5.74, 6) is 1.14. The fraction of sp³-hybridized carbons (Fsp3) is 0.571. The number of rotatable bonds is 4. The number of aryl methyl sites for hydroxylation is 2. The van der Waals surface area contributed by atoms with Gasteiger partial charge >= 0.3 is 0 Å². The lowest BCUT2D eigenvalue weighted by molar-refractivity contribution is 0.0695. The minimum Gasteiger partial charge on any atom is -0.490 e. The van der Waals surface area contributed by atoms with Crippen molar-refractivity contribution in [1.29, 1.82) is 0 Å². The van der Waals surface area contributed by atoms with Crippen molar-refractivity contribution < 1.29 is 9.84 Å². The normalized spacial score (nSPS) is 12.9. The number of hydrogen-bond donors (Lipinski definition) is 1. The zero-order valence-electron chi connectivity index (χ0n) is 10.9. The first-order chi connectivity index (χ1) is 7.43. The maximum atomic E-state index is 9.71. The predicted octanol–water partition coefficient (Wildman–Crippen LogP) is 3.01. The summed E-state index contributed by atoms with van der Waals surface area (Å²) in [4.78, 5) is 0. The van der Waals surface area contributed by atoms with Crippen LogP contribution in [0, 0.1) is 26.7 Å². The van der Waals surface area contributed by atoms with Gasteiger partial charge in [0.15, 0.2) is 0 Å². The van der Waals surface area contributed by atoms with Crippen molar-refractivity contribution in [3.8, 4) is 5.75 Å². The van der Waals surface area contributed by atoms with E-state index in [0.717, 1.165) is 16.9 Å². The highest BCUT2D eigenvalue weighted by Gasteiger charge is 2.12. The minimum atomic E-state index is -0.403. The van der Waals surface area contributed by atoms with Crippen molar-refractivity contribution in [1.82, 2.24) is 0 Å². The first-order valence-electron chi connectivity index (χ1n) is 5.81. The molecule has 2 nitrogen and oxygen atoms in total. The van der Waals surface area contributed by atoms with Gasteiger partial charge < -0.3 is 9.84 Å². The van der Waals surface area contributed by atoms with Crippen LogP contribution in [0.25, 0.3) is 0 Å². The quantitative estimate of drug-likeness (QED) is 0.848. The molecule has 2 heteroatoms. The van der Waals surface area contributed by atoms with Gasteiger partial charge in [-0.3, -0.25) is 0 Å². The molecule has 1 rings (SSSR count). The van der Waals surface area contributed by atoms with Crippen LogP contribution in [0.2, 0.25) is 0 Å². The number of hydrogen-bond acceptors (Lipinski definition) is 2. The van der Waals surface area contributed by atoms with Crippen LogP contribution in [-0.4, -0.2) is 17.8 Å². The highest BCUT2D eigenvalue weighted by molar-refractivity contribution is 5.44. The summed E-state index contributed by atoms with van der Waals surface area (Å²) < 4.78 is 5.72. The lowest BCUT2D eigenvalue weighted by Gasteiger charge is -2.18. The van der Waals surface area contributed by atoms with Crippen LogP contribution >= 0.6 is 0 Å². The molecule has 0 aromatic heterocycles. The first kappa shape index (κ1) is 13.0. The smallest absolute Gasteiger partial charge is 0.125 e. The third-order valence-electron chi connectivity index (χ3n) is 3.04. The molecule has 90 valence electrons. The Bertz CT molecular complexity index is 356. The molecule has 0 heterocycles. The molecular weight excluding hydrogens is 200 g/mol. The van der Waals surface area contributed by atoms with Gasteiger partial charge in [0, 0.05) is 0 Å². The van der Waals surface area contributed by atoms with E-state index in [9.17, 15) is 5.11 Å². The summed E-state index contributed by atoms with van der Waals surface area (Å²) in [7, 11) is 0. The van der Waals surface area contributed by atoms with E-state index >= 15 is 0 Å². The van der Waals surface area contributed by atoms with Gasteiger partial charge in [0.1, 0.15) is 12.4 Å². The van der Waals surface area contributed by atoms with Crippen LogP contribution in [-0.2, 0) is 0 Å². The molecule has 0 bridgehead atoms. The van der Waals surface area contributed by atoms with Crippen molar-refractivity contribution in [3.05, 3.63) is 28.8 Å². The van der Waals surface area contributed by atoms with Crippen molar-refractivity contribution >= 4 is 0 Å². The molecule has 1 atom stereocenters. The lowest BCUT2D eigenvalue weighted by Crippen LogP contribution is -2.23. The minimum absolute atomic E-state index is 0.227. The maximum absolute atomic E-state index is 9.71. The summed E-state index contributed by atoms with van der Waals surface area (Å²) >= 11 is 0. The largest absolute Gasteiger partial charge is 0.490 e. The Morgan fingerprint density at radius 1 is 1.12 bits per heavy atom. The highest BCUT2D eigenvalue weighted by Crippen LogP contribution is 2.26. The molecule has 0 aliphatic rings. The third-order valence-corrected chi connectivity index (χ3v) is 3.04. The Balaban J connectivity index is 2.77. The number of aliphatic hydroxyl groups excluding tert-OH is 1. The molecule has 1 unspecified atom stereocenters. The van der Waals surface area contributed by atoms with E-state index in [-0.39, 0.29) is 5.92 Å². The van der Waals surface area contributed by atoms with Crippen LogP contribution in [0.5, 0.6) is 5.75 Å². The Morgan fingerprint density at radius 2 is 1.69 bits per heavy atom. The first-order valence-corrected chi connectivity index (χ1v) is 5.81. The molecule has 0 aliphatic carbocycles. The molecule has 1 aromatic rings. The molecule has 0 saturated heterocycles. The Hall–Kier alpha value is -1.02. The van der Waals surface area contributed by atoms with Gasteiger partial charge in [0.2, 0.25) is 0 Å². The summed E-state index contributed by atoms with van der Waals surface area (Å²) in [6.07, 6.45) is -0.403. The summed E-state index contributed by atoms with van der Waals surface area (Å²) in [5.41, 5.74) is 3.51. The third kappa shape index (κ3) is 2.99. The summed E-state index contributed by atoms with van der Waals surface area (Å²) in [6, 6.07) is 4.15. The van der Waals surface area contributed by atoms with Gasteiger partial charge in [-0.05, 0) is 43.4 Å². The Kier molecular flexibility index (Phi) is 4.36. The van der Waals surface area contributed by atoms with E-state index in [2.05, 4.69) is 26.0 Å². The standard InChI is InChI=1S/C14H22O2/c1-9(2)13(15)8-16-14-11(4)7-6-10(3)12(14)5/h6-7,9,13,15H,8H2,1-5H3. The Morgan fingerprint density at radius 3 is 2.25 bits per heavy atom. The van der Waals surface area contributed by atoms with E-state index in [1.165, 1.54) is 5.56 Å². The van der Waals surface area contributed by atoms with Crippen molar-refractivity contribution in [2.24, 2.45) is 5.92 Å². The molecule has 16 heavy (non-hydrogen) atoms. The van der Waals surface area contributed by atoms with Gasteiger partial charge in [0.25, 0.3) is 0 Å². The van der Waals surface area contributed by atoms with Gasteiger partial charge in [-0.1, -0.05) is 26.0 Å². The second kappa shape index (κ2) is 5.35. The molecule has 1 N–H and O–H groups in total. The number of aliphatic hydroxyl groups is 1. The topological polar surface area (TPSA) is 29.5 Å². The molecule has 0 fully saturated rings. The van der Waals surface area contributed by atoms with E-state index in [1.54, 1.807) is 0 Å². The molecule has 0 amide bonds. The SMILES string of the molecule is Cc1ccc(C)c(OCC(O)C(C)C)c1C. The molecule has 0 saturated carbocycles. The van der Waals surface area contributed by atoms with Crippen molar-refractivity contribution in [3.63, 3.8) is 0 Å². The zero-order valence-corrected chi connectivity index (χ0v) is 10.9. The highest BCUT2D eigenvalue weighted by atomic mass is 16.5. The maximum Gasteiger partial charge on any atom is 0.125 e. The van der Waals surface area contributed by atoms with Crippen LogP contribution in [0.3, 0.4) is 0 Å². The van der Waals surface area contributed by atoms with E-state index in [0.29, 0.717) is 6.61 Å². The summed E-state index contributed by atoms with van der Waals surface area (Å²) in [6.45, 7) is 10.5. The zero-order chi connectivity index (χ0) is 12.3. The fourth-order valence-electron chi connectivity index (χ4n) is 1.51. The second-order valence-electron chi connectivity index (χ2n) is 4.78. The van der Waals surface area contributed by atoms with E-state index in [1.807, 2.05) is 20.8 Å². The fourth-order valence-corrected chi connectivity index (χ4v) is 1.51. The lowest BCUT2D eigenvalue weighted by atomic mass is 10.0. The van der Waals surface area contributed by atoms with Crippen LogP contribution in [0.15, 0.2) is 12.1 Å². The van der Waals surface area contributed by atoms with Crippen molar-refractivity contribution in [2.45, 2.75) is 40.7 Å². The monoisotopic (exact) mass is 222 g/mol. The summed E-state index contributed by atoms with van der Waals surface area (Å²) in [5, 5.41) is 9.71. The number of ether oxygens (including phenoxy) is 1. The van der Waals surface area contributed by atoms with Crippen LogP contribution in [0.1, 0.15) is 30.5 Å². The average Bonchev–Trinajstić information content (AvgIpc) is 2.23. The molecule has 0 spiro atoms. The average molecular weight is 222 g/mol. The van der Waals surface area contributed by atoms with Crippen LogP contribution < -0.4 is 4.74 Å². The number of benzene rings is 1. The van der Waals surface area contributed by atoms with E-state index in [4.69, 9.17) is 4.74 Å². The second-order valence-corrected chi connectivity index (χ2v) is 4.78. The van der Waals surface area contributed by atoms with E-state index < -0.39 is 6.10 Å². The van der Waals surface area contributed by atoms with Gasteiger partial charge in [-0.15, -0.1) is 0 Å². The Labute approximate surface area is 98.3 Å². The molecule has 0 radical (unpaired) electrons. The molecule has 1 aromatic carbocycles. The van der Waals surface area contributed by atoms with Gasteiger partial charge in [-0.2, -0.15) is 0 Å². The van der Waals surface area contributed by atoms with Gasteiger partial charge in [-0.25, -0.2) is 0 Å². The van der Waals surface area contributed by atoms with Crippen molar-refractivity contribution in [2.75, 3.05) is 6.61 Å². The predicted molar refractivity (Wildman–Crippen MR) is 67.0 cm³/mol. The van der Waals surface area contributed by atoms with Gasteiger partial charge in [0.05, 0.1) is 6.10 Å². The van der Waals surface area contributed by atoms with Crippen LogP contribution in [0.4, 0.5) is 0 Å².